The van der Waals surface area contributed by atoms with E-state index in [-0.39, 0.29) is 0 Å². The number of likely N-dealkylation sites (tertiary alicyclic amines) is 1. The molecule has 0 bridgehead atoms. The summed E-state index contributed by atoms with van der Waals surface area (Å²) >= 11 is 0. The molecule has 1 aliphatic heterocycles. The first kappa shape index (κ1) is 13.0. The minimum atomic E-state index is 0.854. The molecule has 0 aromatic rings. The summed E-state index contributed by atoms with van der Waals surface area (Å²) in [5, 5.41) is 3.30. The van der Waals surface area contributed by atoms with Crippen molar-refractivity contribution in [1.29, 1.82) is 0 Å². The highest BCUT2D eigenvalue weighted by Gasteiger charge is 2.26. The number of hydrogen-bond donors (Lipinski definition) is 1. The van der Waals surface area contributed by atoms with Crippen molar-refractivity contribution < 1.29 is 0 Å². The first-order valence-corrected chi connectivity index (χ1v) is 6.70. The molecule has 0 radical (unpaired) electrons. The van der Waals surface area contributed by atoms with E-state index >= 15 is 0 Å². The summed E-state index contributed by atoms with van der Waals surface area (Å²) in [6, 6.07) is 0.854. The van der Waals surface area contributed by atoms with E-state index in [1.807, 2.05) is 0 Å². The molecule has 0 aromatic carbocycles. The molecule has 0 saturated carbocycles. The SMILES string of the molecule is CCCCC(CC)N1CCC(CNC)C1. The quantitative estimate of drug-likeness (QED) is 0.697. The van der Waals surface area contributed by atoms with Gasteiger partial charge in [0.25, 0.3) is 0 Å². The Bertz CT molecular complexity index is 159. The average Bonchev–Trinajstić information content (AvgIpc) is 2.68. The summed E-state index contributed by atoms with van der Waals surface area (Å²) in [6.45, 7) is 8.48. The second kappa shape index (κ2) is 7.24. The predicted molar refractivity (Wildman–Crippen MR) is 67.2 cm³/mol. The normalized spacial score (nSPS) is 24.6. The molecule has 2 heteroatoms. The van der Waals surface area contributed by atoms with Gasteiger partial charge in [-0.25, -0.2) is 0 Å². The smallest absolute Gasteiger partial charge is 0.00927 e. The molecule has 90 valence electrons. The van der Waals surface area contributed by atoms with Crippen LogP contribution in [0.5, 0.6) is 0 Å². The third kappa shape index (κ3) is 4.12. The number of hydrogen-bond acceptors (Lipinski definition) is 2. The topological polar surface area (TPSA) is 15.3 Å². The van der Waals surface area contributed by atoms with Gasteiger partial charge in [0.1, 0.15) is 0 Å². The molecule has 2 nitrogen and oxygen atoms in total. The van der Waals surface area contributed by atoms with Crippen molar-refractivity contribution in [2.45, 2.75) is 52.0 Å². The van der Waals surface area contributed by atoms with Crippen LogP contribution in [0.15, 0.2) is 0 Å². The van der Waals surface area contributed by atoms with Crippen molar-refractivity contribution in [3.05, 3.63) is 0 Å². The van der Waals surface area contributed by atoms with Crippen molar-refractivity contribution in [2.75, 3.05) is 26.7 Å². The third-order valence-electron chi connectivity index (χ3n) is 3.69. The van der Waals surface area contributed by atoms with Gasteiger partial charge < -0.3 is 10.2 Å². The van der Waals surface area contributed by atoms with Crippen LogP contribution in [0, 0.1) is 5.92 Å². The molecule has 15 heavy (non-hydrogen) atoms. The highest BCUT2D eigenvalue weighted by atomic mass is 15.2. The molecule has 0 aliphatic carbocycles. The second-order valence-electron chi connectivity index (χ2n) is 4.91. The second-order valence-corrected chi connectivity index (χ2v) is 4.91. The van der Waals surface area contributed by atoms with E-state index < -0.39 is 0 Å². The van der Waals surface area contributed by atoms with Gasteiger partial charge in [0.2, 0.25) is 0 Å². The molecule has 2 unspecified atom stereocenters. The van der Waals surface area contributed by atoms with Crippen LogP contribution in [-0.4, -0.2) is 37.6 Å². The molecular weight excluding hydrogens is 184 g/mol. The Morgan fingerprint density at radius 2 is 2.20 bits per heavy atom. The molecular formula is C13H28N2. The van der Waals surface area contributed by atoms with Crippen LogP contribution in [0.3, 0.4) is 0 Å². The van der Waals surface area contributed by atoms with E-state index in [2.05, 4.69) is 31.1 Å². The van der Waals surface area contributed by atoms with Gasteiger partial charge in [-0.15, -0.1) is 0 Å². The first-order valence-electron chi connectivity index (χ1n) is 6.70. The number of unbranched alkanes of at least 4 members (excludes halogenated alkanes) is 1. The summed E-state index contributed by atoms with van der Waals surface area (Å²) in [5.74, 6) is 0.894. The monoisotopic (exact) mass is 212 g/mol. The Balaban J connectivity index is 2.29. The average molecular weight is 212 g/mol. The summed E-state index contributed by atoms with van der Waals surface area (Å²) in [5.41, 5.74) is 0. The molecule has 1 heterocycles. The Labute approximate surface area is 95.4 Å². The fraction of sp³-hybridized carbons (Fsp3) is 1.00. The van der Waals surface area contributed by atoms with Crippen LogP contribution in [0.2, 0.25) is 0 Å². The fourth-order valence-corrected chi connectivity index (χ4v) is 2.73. The Morgan fingerprint density at radius 3 is 2.80 bits per heavy atom. The molecule has 1 fully saturated rings. The Kier molecular flexibility index (Phi) is 6.26. The van der Waals surface area contributed by atoms with E-state index in [0.717, 1.165) is 12.0 Å². The number of nitrogens with zero attached hydrogens (tertiary/aromatic N) is 1. The van der Waals surface area contributed by atoms with E-state index in [1.54, 1.807) is 0 Å². The summed E-state index contributed by atoms with van der Waals surface area (Å²) in [7, 11) is 2.07. The fourth-order valence-electron chi connectivity index (χ4n) is 2.73. The molecule has 1 rings (SSSR count). The van der Waals surface area contributed by atoms with Gasteiger partial charge in [-0.3, -0.25) is 0 Å². The van der Waals surface area contributed by atoms with Crippen molar-refractivity contribution in [3.8, 4) is 0 Å². The van der Waals surface area contributed by atoms with E-state index in [0.29, 0.717) is 0 Å². The van der Waals surface area contributed by atoms with Crippen molar-refractivity contribution >= 4 is 0 Å². The van der Waals surface area contributed by atoms with Crippen LogP contribution < -0.4 is 5.32 Å². The first-order chi connectivity index (χ1) is 7.31. The maximum absolute atomic E-state index is 3.30. The lowest BCUT2D eigenvalue weighted by Crippen LogP contribution is -2.33. The minimum Gasteiger partial charge on any atom is -0.319 e. The highest BCUT2D eigenvalue weighted by molar-refractivity contribution is 4.81. The zero-order chi connectivity index (χ0) is 11.1. The van der Waals surface area contributed by atoms with Gasteiger partial charge in [-0.05, 0) is 45.3 Å². The van der Waals surface area contributed by atoms with Gasteiger partial charge in [0.15, 0.2) is 0 Å². The molecule has 0 amide bonds. The molecule has 0 aromatic heterocycles. The highest BCUT2D eigenvalue weighted by Crippen LogP contribution is 2.22. The van der Waals surface area contributed by atoms with Gasteiger partial charge >= 0.3 is 0 Å². The summed E-state index contributed by atoms with van der Waals surface area (Å²) in [6.07, 6.45) is 6.85. The van der Waals surface area contributed by atoms with Gasteiger partial charge in [0.05, 0.1) is 0 Å². The molecule has 2 atom stereocenters. The lowest BCUT2D eigenvalue weighted by atomic mass is 10.1. The maximum Gasteiger partial charge on any atom is 0.00927 e. The Morgan fingerprint density at radius 1 is 1.40 bits per heavy atom. The van der Waals surface area contributed by atoms with Gasteiger partial charge in [0, 0.05) is 12.6 Å². The Hall–Kier alpha value is -0.0800. The van der Waals surface area contributed by atoms with Gasteiger partial charge in [-0.1, -0.05) is 26.7 Å². The zero-order valence-electron chi connectivity index (χ0n) is 10.8. The van der Waals surface area contributed by atoms with E-state index in [4.69, 9.17) is 0 Å². The molecule has 1 aliphatic rings. The maximum atomic E-state index is 3.30. The van der Waals surface area contributed by atoms with Crippen molar-refractivity contribution in [2.24, 2.45) is 5.92 Å². The molecule has 1 N–H and O–H groups in total. The van der Waals surface area contributed by atoms with Crippen LogP contribution in [0.1, 0.15) is 46.0 Å². The third-order valence-corrected chi connectivity index (χ3v) is 3.69. The number of nitrogens with one attached hydrogen (secondary N) is 1. The molecule has 1 saturated heterocycles. The van der Waals surface area contributed by atoms with Crippen LogP contribution >= 0.6 is 0 Å². The lowest BCUT2D eigenvalue weighted by Gasteiger charge is -2.26. The predicted octanol–water partition coefficient (Wildman–Crippen LogP) is 2.50. The minimum absolute atomic E-state index is 0.854. The van der Waals surface area contributed by atoms with Gasteiger partial charge in [-0.2, -0.15) is 0 Å². The standard InChI is InChI=1S/C13H28N2/c1-4-6-7-13(5-2)15-9-8-12(11-15)10-14-3/h12-14H,4-11H2,1-3H3. The largest absolute Gasteiger partial charge is 0.319 e. The van der Waals surface area contributed by atoms with Crippen molar-refractivity contribution in [1.82, 2.24) is 10.2 Å². The van der Waals surface area contributed by atoms with E-state index in [9.17, 15) is 0 Å². The lowest BCUT2D eigenvalue weighted by molar-refractivity contribution is 0.212. The van der Waals surface area contributed by atoms with Crippen molar-refractivity contribution in [3.63, 3.8) is 0 Å². The van der Waals surface area contributed by atoms with Crippen LogP contribution in [0.4, 0.5) is 0 Å². The van der Waals surface area contributed by atoms with E-state index in [1.165, 1.54) is 51.7 Å². The summed E-state index contributed by atoms with van der Waals surface area (Å²) in [4.78, 5) is 2.72. The van der Waals surface area contributed by atoms with Crippen LogP contribution in [-0.2, 0) is 0 Å². The number of rotatable bonds is 7. The molecule has 0 spiro atoms. The summed E-state index contributed by atoms with van der Waals surface area (Å²) < 4.78 is 0. The van der Waals surface area contributed by atoms with Crippen LogP contribution in [0.25, 0.3) is 0 Å². The zero-order valence-corrected chi connectivity index (χ0v) is 10.8.